The first-order valence-electron chi connectivity index (χ1n) is 7.31. The minimum atomic E-state index is 0.0931. The Hall–Kier alpha value is -1.81. The van der Waals surface area contributed by atoms with Gasteiger partial charge in [-0.25, -0.2) is 0 Å². The Balaban J connectivity index is 1.71. The van der Waals surface area contributed by atoms with Gasteiger partial charge in [0.1, 0.15) is 0 Å². The van der Waals surface area contributed by atoms with Crippen LogP contribution in [0.3, 0.4) is 0 Å². The number of hydrogen-bond donors (Lipinski definition) is 1. The van der Waals surface area contributed by atoms with Crippen LogP contribution in [0.15, 0.2) is 35.7 Å². The lowest BCUT2D eigenvalue weighted by Gasteiger charge is -2.25. The minimum Gasteiger partial charge on any atom is -0.384 e. The quantitative estimate of drug-likeness (QED) is 0.938. The predicted octanol–water partition coefficient (Wildman–Crippen LogP) is 3.42. The molecule has 1 unspecified atom stereocenters. The molecule has 1 aromatic carbocycles. The molecule has 110 valence electrons. The highest BCUT2D eigenvalue weighted by Crippen LogP contribution is 2.24. The number of anilines is 1. The number of amides is 1. The number of thiophene rings is 1. The molecule has 1 amide bonds. The highest BCUT2D eigenvalue weighted by molar-refractivity contribution is 7.09. The van der Waals surface area contributed by atoms with Gasteiger partial charge < -0.3 is 10.2 Å². The van der Waals surface area contributed by atoms with Crippen LogP contribution in [0.25, 0.3) is 0 Å². The van der Waals surface area contributed by atoms with Crippen molar-refractivity contribution in [3.63, 3.8) is 0 Å². The number of benzene rings is 1. The second-order valence-corrected chi connectivity index (χ2v) is 6.63. The number of carbonyl (C=O) groups excluding carboxylic acids is 1. The van der Waals surface area contributed by atoms with Crippen molar-refractivity contribution in [2.75, 3.05) is 18.9 Å². The fourth-order valence-corrected chi connectivity index (χ4v) is 3.51. The van der Waals surface area contributed by atoms with Crippen molar-refractivity contribution in [1.82, 2.24) is 4.90 Å². The molecular weight excluding hydrogens is 280 g/mol. The number of hydrogen-bond acceptors (Lipinski definition) is 3. The van der Waals surface area contributed by atoms with Crippen molar-refractivity contribution in [3.05, 3.63) is 51.7 Å². The van der Waals surface area contributed by atoms with Crippen LogP contribution in [0.2, 0.25) is 0 Å². The lowest BCUT2D eigenvalue weighted by Crippen LogP contribution is -2.36. The van der Waals surface area contributed by atoms with Crippen LogP contribution >= 0.6 is 11.3 Å². The van der Waals surface area contributed by atoms with Crippen LogP contribution in [0.5, 0.6) is 0 Å². The van der Waals surface area contributed by atoms with Gasteiger partial charge in [-0.3, -0.25) is 4.79 Å². The third-order valence-electron chi connectivity index (χ3n) is 4.12. The molecule has 21 heavy (non-hydrogen) atoms. The van der Waals surface area contributed by atoms with Gasteiger partial charge in [-0.1, -0.05) is 12.1 Å². The van der Waals surface area contributed by atoms with Gasteiger partial charge in [0, 0.05) is 42.2 Å². The summed E-state index contributed by atoms with van der Waals surface area (Å²) in [6.07, 6.45) is 1.96. The van der Waals surface area contributed by atoms with E-state index >= 15 is 0 Å². The first-order chi connectivity index (χ1) is 10.1. The van der Waals surface area contributed by atoms with E-state index < -0.39 is 0 Å². The molecule has 0 spiro atoms. The van der Waals surface area contributed by atoms with Crippen molar-refractivity contribution in [3.8, 4) is 0 Å². The molecule has 0 fully saturated rings. The Morgan fingerprint density at radius 3 is 3.05 bits per heavy atom. The third kappa shape index (κ3) is 2.95. The van der Waals surface area contributed by atoms with Gasteiger partial charge in [-0.05, 0) is 42.5 Å². The Bertz CT molecular complexity index is 636. The highest BCUT2D eigenvalue weighted by Gasteiger charge is 2.20. The fourth-order valence-electron chi connectivity index (χ4n) is 2.68. The average Bonchev–Trinajstić information content (AvgIpc) is 3.15. The molecule has 0 bridgehead atoms. The first-order valence-corrected chi connectivity index (χ1v) is 8.19. The van der Waals surface area contributed by atoms with Crippen LogP contribution in [-0.4, -0.2) is 30.4 Å². The molecule has 2 aromatic rings. The van der Waals surface area contributed by atoms with Crippen molar-refractivity contribution in [2.24, 2.45) is 0 Å². The first kappa shape index (κ1) is 14.1. The maximum atomic E-state index is 12.6. The summed E-state index contributed by atoms with van der Waals surface area (Å²) in [5.41, 5.74) is 3.18. The summed E-state index contributed by atoms with van der Waals surface area (Å²) in [7, 11) is 1.89. The Kier molecular flexibility index (Phi) is 3.97. The maximum Gasteiger partial charge on any atom is 0.253 e. The smallest absolute Gasteiger partial charge is 0.253 e. The molecule has 0 saturated carbocycles. The standard InChI is InChI=1S/C17H20N2OS/c1-12(10-15-4-3-9-21-15)19(2)17(20)14-6-5-13-7-8-18-16(13)11-14/h3-6,9,11-12,18H,7-8,10H2,1-2H3. The summed E-state index contributed by atoms with van der Waals surface area (Å²) in [5.74, 6) is 0.0931. The molecule has 3 nitrogen and oxygen atoms in total. The monoisotopic (exact) mass is 300 g/mol. The SMILES string of the molecule is CC(Cc1cccs1)N(C)C(=O)c1ccc2c(c1)NCC2. The normalized spacial score (nSPS) is 14.4. The zero-order chi connectivity index (χ0) is 14.8. The van der Waals surface area contributed by atoms with Gasteiger partial charge >= 0.3 is 0 Å². The van der Waals surface area contributed by atoms with E-state index in [1.54, 1.807) is 11.3 Å². The summed E-state index contributed by atoms with van der Waals surface area (Å²) < 4.78 is 0. The summed E-state index contributed by atoms with van der Waals surface area (Å²) in [5, 5.41) is 5.41. The van der Waals surface area contributed by atoms with E-state index in [4.69, 9.17) is 0 Å². The molecule has 4 heteroatoms. The molecule has 1 aliphatic heterocycles. The van der Waals surface area contributed by atoms with Gasteiger partial charge in [0.15, 0.2) is 0 Å². The summed E-state index contributed by atoms with van der Waals surface area (Å²) in [6, 6.07) is 10.4. The third-order valence-corrected chi connectivity index (χ3v) is 5.02. The number of nitrogens with zero attached hydrogens (tertiary/aromatic N) is 1. The lowest BCUT2D eigenvalue weighted by atomic mass is 10.1. The molecule has 0 saturated heterocycles. The molecule has 1 aliphatic rings. The molecule has 0 radical (unpaired) electrons. The van der Waals surface area contributed by atoms with Crippen LogP contribution in [0.1, 0.15) is 27.7 Å². The molecule has 1 atom stereocenters. The average molecular weight is 300 g/mol. The topological polar surface area (TPSA) is 32.3 Å². The number of fused-ring (bicyclic) bond motifs is 1. The molecular formula is C17H20N2OS. The molecule has 2 heterocycles. The van der Waals surface area contributed by atoms with Gasteiger partial charge in [0.05, 0.1) is 0 Å². The zero-order valence-electron chi connectivity index (χ0n) is 12.4. The summed E-state index contributed by atoms with van der Waals surface area (Å²) in [4.78, 5) is 15.8. The van der Waals surface area contributed by atoms with Crippen LogP contribution in [0, 0.1) is 0 Å². The van der Waals surface area contributed by atoms with Crippen molar-refractivity contribution >= 4 is 22.9 Å². The Labute approximate surface area is 129 Å². The van der Waals surface area contributed by atoms with Gasteiger partial charge in [-0.15, -0.1) is 11.3 Å². The summed E-state index contributed by atoms with van der Waals surface area (Å²) in [6.45, 7) is 3.07. The maximum absolute atomic E-state index is 12.6. The molecule has 3 rings (SSSR count). The second kappa shape index (κ2) is 5.90. The largest absolute Gasteiger partial charge is 0.384 e. The molecule has 1 N–H and O–H groups in total. The number of nitrogens with one attached hydrogen (secondary N) is 1. The van der Waals surface area contributed by atoms with Crippen LogP contribution in [0.4, 0.5) is 5.69 Å². The van der Waals surface area contributed by atoms with Gasteiger partial charge in [0.25, 0.3) is 5.91 Å². The Morgan fingerprint density at radius 1 is 1.43 bits per heavy atom. The van der Waals surface area contributed by atoms with Crippen molar-refractivity contribution in [1.29, 1.82) is 0 Å². The van der Waals surface area contributed by atoms with E-state index in [0.29, 0.717) is 0 Å². The number of likely N-dealkylation sites (N-methyl/N-ethyl adjacent to an activating group) is 1. The van der Waals surface area contributed by atoms with E-state index in [1.165, 1.54) is 10.4 Å². The van der Waals surface area contributed by atoms with E-state index in [1.807, 2.05) is 24.1 Å². The van der Waals surface area contributed by atoms with E-state index in [-0.39, 0.29) is 11.9 Å². The van der Waals surface area contributed by atoms with Crippen LogP contribution < -0.4 is 5.32 Å². The van der Waals surface area contributed by atoms with Crippen molar-refractivity contribution < 1.29 is 4.79 Å². The van der Waals surface area contributed by atoms with E-state index in [9.17, 15) is 4.79 Å². The van der Waals surface area contributed by atoms with Crippen molar-refractivity contribution in [2.45, 2.75) is 25.8 Å². The van der Waals surface area contributed by atoms with Gasteiger partial charge in [0.2, 0.25) is 0 Å². The van der Waals surface area contributed by atoms with E-state index in [2.05, 4.69) is 35.8 Å². The van der Waals surface area contributed by atoms with Gasteiger partial charge in [-0.2, -0.15) is 0 Å². The van der Waals surface area contributed by atoms with E-state index in [0.717, 1.165) is 30.6 Å². The fraction of sp³-hybridized carbons (Fsp3) is 0.353. The minimum absolute atomic E-state index is 0.0931. The predicted molar refractivity (Wildman–Crippen MR) is 88.2 cm³/mol. The second-order valence-electron chi connectivity index (χ2n) is 5.60. The summed E-state index contributed by atoms with van der Waals surface area (Å²) >= 11 is 1.74. The lowest BCUT2D eigenvalue weighted by molar-refractivity contribution is 0.0744. The van der Waals surface area contributed by atoms with Crippen LogP contribution in [-0.2, 0) is 12.8 Å². The number of rotatable bonds is 4. The highest BCUT2D eigenvalue weighted by atomic mass is 32.1. The zero-order valence-corrected chi connectivity index (χ0v) is 13.2. The molecule has 1 aromatic heterocycles. The Morgan fingerprint density at radius 2 is 2.29 bits per heavy atom. The molecule has 0 aliphatic carbocycles. The number of carbonyl (C=O) groups is 1.